The highest BCUT2D eigenvalue weighted by Gasteiger charge is 1.92. The van der Waals surface area contributed by atoms with Gasteiger partial charge in [0.05, 0.1) is 6.61 Å². The Morgan fingerprint density at radius 1 is 1.27 bits per heavy atom. The Kier molecular flexibility index (Phi) is 7.59. The van der Waals surface area contributed by atoms with Gasteiger partial charge in [-0.2, -0.15) is 0 Å². The number of aliphatic hydroxyl groups is 1. The molecule has 0 atom stereocenters. The van der Waals surface area contributed by atoms with Crippen LogP contribution in [0.2, 0.25) is 0 Å². The summed E-state index contributed by atoms with van der Waals surface area (Å²) in [5, 5.41) is 8.65. The van der Waals surface area contributed by atoms with Gasteiger partial charge in [-0.15, -0.1) is 0 Å². The second-order valence-electron chi connectivity index (χ2n) is 2.86. The molecule has 0 saturated heterocycles. The van der Waals surface area contributed by atoms with Gasteiger partial charge in [-0.05, 0) is 19.3 Å². The van der Waals surface area contributed by atoms with Crippen molar-refractivity contribution in [2.24, 2.45) is 0 Å². The average Bonchev–Trinajstić information content (AvgIpc) is 2.03. The lowest BCUT2D eigenvalue weighted by Gasteiger charge is -2.02. The van der Waals surface area contributed by atoms with E-state index in [0.29, 0.717) is 0 Å². The van der Waals surface area contributed by atoms with Crippen LogP contribution in [0.15, 0.2) is 11.6 Å². The molecule has 1 N–H and O–H groups in total. The van der Waals surface area contributed by atoms with Crippen LogP contribution in [0.3, 0.4) is 0 Å². The Labute approximate surface area is 70.1 Å². The maximum absolute atomic E-state index is 8.65. The van der Waals surface area contributed by atoms with Gasteiger partial charge in [-0.3, -0.25) is 0 Å². The Hall–Kier alpha value is -0.300. The smallest absolute Gasteiger partial charge is 0.0615 e. The van der Waals surface area contributed by atoms with E-state index >= 15 is 0 Å². The molecule has 0 aromatic rings. The standard InChI is InChI=1S/C10H20O/c1-3-5-6-7-10(4-2)8-9-11/h8,11H,3-7,9H2,1-2H3. The van der Waals surface area contributed by atoms with Crippen LogP contribution in [-0.2, 0) is 0 Å². The molecule has 66 valence electrons. The molecule has 0 fully saturated rings. The number of rotatable bonds is 6. The molecule has 0 aliphatic carbocycles. The molecule has 1 nitrogen and oxygen atoms in total. The molecule has 0 amide bonds. The molecule has 11 heavy (non-hydrogen) atoms. The molecule has 0 aliphatic heterocycles. The summed E-state index contributed by atoms with van der Waals surface area (Å²) in [7, 11) is 0. The Morgan fingerprint density at radius 3 is 2.45 bits per heavy atom. The second-order valence-corrected chi connectivity index (χ2v) is 2.86. The molecule has 0 aromatic heterocycles. The van der Waals surface area contributed by atoms with Crippen molar-refractivity contribution in [2.75, 3.05) is 6.61 Å². The Balaban J connectivity index is 3.44. The van der Waals surface area contributed by atoms with Crippen LogP contribution in [0.25, 0.3) is 0 Å². The molecule has 0 bridgehead atoms. The fourth-order valence-corrected chi connectivity index (χ4v) is 1.15. The number of hydrogen-bond donors (Lipinski definition) is 1. The highest BCUT2D eigenvalue weighted by molar-refractivity contribution is 5.00. The van der Waals surface area contributed by atoms with Crippen molar-refractivity contribution in [3.8, 4) is 0 Å². The summed E-state index contributed by atoms with van der Waals surface area (Å²) in [4.78, 5) is 0. The first-order valence-electron chi connectivity index (χ1n) is 4.63. The lowest BCUT2D eigenvalue weighted by atomic mass is 10.1. The van der Waals surface area contributed by atoms with Crippen LogP contribution in [0.5, 0.6) is 0 Å². The van der Waals surface area contributed by atoms with Gasteiger partial charge >= 0.3 is 0 Å². The topological polar surface area (TPSA) is 20.2 Å². The molecule has 0 aromatic carbocycles. The van der Waals surface area contributed by atoms with Crippen molar-refractivity contribution < 1.29 is 5.11 Å². The van der Waals surface area contributed by atoms with Crippen molar-refractivity contribution in [3.63, 3.8) is 0 Å². The van der Waals surface area contributed by atoms with Crippen molar-refractivity contribution in [3.05, 3.63) is 11.6 Å². The minimum atomic E-state index is 0.204. The lowest BCUT2D eigenvalue weighted by Crippen LogP contribution is -1.85. The SMILES string of the molecule is CCCCCC(=CCO)CC. The van der Waals surface area contributed by atoms with Crippen LogP contribution in [0.4, 0.5) is 0 Å². The maximum atomic E-state index is 8.65. The van der Waals surface area contributed by atoms with Gasteiger partial charge in [-0.1, -0.05) is 38.3 Å². The molecule has 0 heterocycles. The van der Waals surface area contributed by atoms with E-state index in [1.54, 1.807) is 0 Å². The van der Waals surface area contributed by atoms with E-state index in [1.165, 1.54) is 31.3 Å². The van der Waals surface area contributed by atoms with Crippen molar-refractivity contribution in [1.29, 1.82) is 0 Å². The summed E-state index contributed by atoms with van der Waals surface area (Å²) in [6, 6.07) is 0. The first kappa shape index (κ1) is 10.7. The Morgan fingerprint density at radius 2 is 2.00 bits per heavy atom. The quantitative estimate of drug-likeness (QED) is 0.463. The van der Waals surface area contributed by atoms with E-state index < -0.39 is 0 Å². The van der Waals surface area contributed by atoms with Crippen LogP contribution in [0, 0.1) is 0 Å². The number of unbranched alkanes of at least 4 members (excludes halogenated alkanes) is 2. The zero-order valence-electron chi connectivity index (χ0n) is 7.77. The van der Waals surface area contributed by atoms with Gasteiger partial charge in [0.25, 0.3) is 0 Å². The second kappa shape index (κ2) is 7.80. The summed E-state index contributed by atoms with van der Waals surface area (Å²) in [5.74, 6) is 0. The van der Waals surface area contributed by atoms with Crippen LogP contribution < -0.4 is 0 Å². The fourth-order valence-electron chi connectivity index (χ4n) is 1.15. The monoisotopic (exact) mass is 156 g/mol. The van der Waals surface area contributed by atoms with E-state index in [1.807, 2.05) is 6.08 Å². The van der Waals surface area contributed by atoms with Gasteiger partial charge in [0.15, 0.2) is 0 Å². The molecule has 1 heteroatoms. The summed E-state index contributed by atoms with van der Waals surface area (Å²) in [5.41, 5.74) is 1.40. The van der Waals surface area contributed by atoms with Crippen LogP contribution in [-0.4, -0.2) is 11.7 Å². The summed E-state index contributed by atoms with van der Waals surface area (Å²) in [6.07, 6.45) is 8.06. The molecule has 0 radical (unpaired) electrons. The predicted molar refractivity (Wildman–Crippen MR) is 49.6 cm³/mol. The Bertz CT molecular complexity index is 105. The summed E-state index contributed by atoms with van der Waals surface area (Å²) < 4.78 is 0. The third-order valence-corrected chi connectivity index (χ3v) is 1.94. The van der Waals surface area contributed by atoms with E-state index in [9.17, 15) is 0 Å². The van der Waals surface area contributed by atoms with Crippen molar-refractivity contribution in [2.45, 2.75) is 46.0 Å². The molecule has 0 unspecified atom stereocenters. The molecule has 0 spiro atoms. The van der Waals surface area contributed by atoms with Crippen molar-refractivity contribution >= 4 is 0 Å². The van der Waals surface area contributed by atoms with Crippen molar-refractivity contribution in [1.82, 2.24) is 0 Å². The third-order valence-electron chi connectivity index (χ3n) is 1.94. The lowest BCUT2D eigenvalue weighted by molar-refractivity contribution is 0.341. The highest BCUT2D eigenvalue weighted by atomic mass is 16.2. The van der Waals surface area contributed by atoms with Gasteiger partial charge in [0, 0.05) is 0 Å². The maximum Gasteiger partial charge on any atom is 0.0615 e. The number of hydrogen-bond acceptors (Lipinski definition) is 1. The minimum absolute atomic E-state index is 0.204. The zero-order chi connectivity index (χ0) is 8.53. The third kappa shape index (κ3) is 6.11. The molecule has 0 aliphatic rings. The van der Waals surface area contributed by atoms with Crippen LogP contribution in [0.1, 0.15) is 46.0 Å². The average molecular weight is 156 g/mol. The molecular formula is C10H20O. The van der Waals surface area contributed by atoms with E-state index in [2.05, 4.69) is 13.8 Å². The fraction of sp³-hybridized carbons (Fsp3) is 0.800. The number of allylic oxidation sites excluding steroid dienone is 1. The molecule has 0 saturated carbocycles. The predicted octanol–water partition coefficient (Wildman–Crippen LogP) is 2.90. The normalized spacial score (nSPS) is 12.1. The van der Waals surface area contributed by atoms with Crippen LogP contribution >= 0.6 is 0 Å². The minimum Gasteiger partial charge on any atom is -0.392 e. The van der Waals surface area contributed by atoms with Gasteiger partial charge in [-0.25, -0.2) is 0 Å². The highest BCUT2D eigenvalue weighted by Crippen LogP contribution is 2.11. The van der Waals surface area contributed by atoms with Gasteiger partial charge in [0.1, 0.15) is 0 Å². The van der Waals surface area contributed by atoms with Gasteiger partial charge in [0.2, 0.25) is 0 Å². The van der Waals surface area contributed by atoms with E-state index in [0.717, 1.165) is 6.42 Å². The molecule has 0 rings (SSSR count). The van der Waals surface area contributed by atoms with Gasteiger partial charge < -0.3 is 5.11 Å². The number of aliphatic hydroxyl groups excluding tert-OH is 1. The largest absolute Gasteiger partial charge is 0.392 e. The van der Waals surface area contributed by atoms with E-state index in [-0.39, 0.29) is 6.61 Å². The summed E-state index contributed by atoms with van der Waals surface area (Å²) >= 11 is 0. The first-order valence-corrected chi connectivity index (χ1v) is 4.63. The molecular weight excluding hydrogens is 136 g/mol. The summed E-state index contributed by atoms with van der Waals surface area (Å²) in [6.45, 7) is 4.56. The first-order chi connectivity index (χ1) is 5.35. The zero-order valence-corrected chi connectivity index (χ0v) is 7.77. The van der Waals surface area contributed by atoms with E-state index in [4.69, 9.17) is 5.11 Å².